The summed E-state index contributed by atoms with van der Waals surface area (Å²) in [4.78, 5) is 27.6. The van der Waals surface area contributed by atoms with Crippen molar-refractivity contribution in [1.82, 2.24) is 10.2 Å². The third kappa shape index (κ3) is 4.69. The van der Waals surface area contributed by atoms with Gasteiger partial charge in [-0.3, -0.25) is 9.59 Å². The molecule has 4 nitrogen and oxygen atoms in total. The first-order valence-electron chi connectivity index (χ1n) is 10.8. The van der Waals surface area contributed by atoms with Gasteiger partial charge in [-0.1, -0.05) is 67.1 Å². The lowest BCUT2D eigenvalue weighted by molar-refractivity contribution is -0.147. The summed E-state index contributed by atoms with van der Waals surface area (Å²) >= 11 is 0. The minimum absolute atomic E-state index is 0.0528. The van der Waals surface area contributed by atoms with E-state index < -0.39 is 11.8 Å². The number of amides is 2. The smallest absolute Gasteiger partial charge is 0.312 e. The van der Waals surface area contributed by atoms with Crippen LogP contribution >= 0.6 is 0 Å². The zero-order valence-electron chi connectivity index (χ0n) is 17.1. The maximum Gasteiger partial charge on any atom is 0.312 e. The van der Waals surface area contributed by atoms with Gasteiger partial charge in [0.15, 0.2) is 0 Å². The predicted octanol–water partition coefficient (Wildman–Crippen LogP) is 4.16. The Morgan fingerprint density at radius 1 is 0.931 bits per heavy atom. The fourth-order valence-electron chi connectivity index (χ4n) is 5.23. The van der Waals surface area contributed by atoms with Gasteiger partial charge in [-0.05, 0) is 55.1 Å². The van der Waals surface area contributed by atoms with E-state index in [0.29, 0.717) is 19.0 Å². The largest absolute Gasteiger partial charge is 0.345 e. The van der Waals surface area contributed by atoms with Crippen LogP contribution < -0.4 is 5.32 Å². The van der Waals surface area contributed by atoms with E-state index in [0.717, 1.165) is 23.0 Å². The zero-order chi connectivity index (χ0) is 20.2. The van der Waals surface area contributed by atoms with Gasteiger partial charge in [-0.15, -0.1) is 0 Å². The summed E-state index contributed by atoms with van der Waals surface area (Å²) in [7, 11) is 0. The van der Waals surface area contributed by atoms with E-state index in [-0.39, 0.29) is 6.04 Å². The average molecular weight is 391 g/mol. The number of hydrogen-bond acceptors (Lipinski definition) is 2. The summed E-state index contributed by atoms with van der Waals surface area (Å²) < 4.78 is 0. The highest BCUT2D eigenvalue weighted by molar-refractivity contribution is 6.35. The van der Waals surface area contributed by atoms with Crippen LogP contribution in [0.3, 0.4) is 0 Å². The monoisotopic (exact) mass is 390 g/mol. The molecule has 4 heteroatoms. The first kappa shape index (κ1) is 19.7. The number of nitrogens with one attached hydrogen (secondary N) is 1. The van der Waals surface area contributed by atoms with Crippen molar-refractivity contribution >= 4 is 11.8 Å². The lowest BCUT2D eigenvalue weighted by atomic mass is 9.84. The Kier molecular flexibility index (Phi) is 5.98. The lowest BCUT2D eigenvalue weighted by Crippen LogP contribution is -2.48. The van der Waals surface area contributed by atoms with Gasteiger partial charge in [0.2, 0.25) is 0 Å². The number of carbonyl (C=O) groups is 2. The van der Waals surface area contributed by atoms with Gasteiger partial charge in [-0.2, -0.15) is 0 Å². The van der Waals surface area contributed by atoms with E-state index in [4.69, 9.17) is 0 Å². The number of carbonyl (C=O) groups excluding carboxylic acids is 2. The molecule has 4 unspecified atom stereocenters. The standard InChI is InChI=1S/C25H30N2O2/c1-18(23-15-21-12-13-22(23)14-21)26-24(28)25(29)27(16-19-8-4-2-5-9-19)17-20-10-6-3-7-11-20/h2-11,18,21-23H,12-17H2,1H3,(H,26,28). The first-order valence-corrected chi connectivity index (χ1v) is 10.8. The van der Waals surface area contributed by atoms with Crippen LogP contribution in [0.2, 0.25) is 0 Å². The molecule has 0 heterocycles. The van der Waals surface area contributed by atoms with E-state index in [1.54, 1.807) is 4.90 Å². The molecule has 2 aromatic rings. The van der Waals surface area contributed by atoms with Crippen molar-refractivity contribution in [3.05, 3.63) is 71.8 Å². The van der Waals surface area contributed by atoms with Crippen LogP contribution in [0.5, 0.6) is 0 Å². The molecule has 1 N–H and O–H groups in total. The van der Waals surface area contributed by atoms with Crippen molar-refractivity contribution in [2.24, 2.45) is 17.8 Å². The molecule has 152 valence electrons. The molecule has 0 aliphatic heterocycles. The second kappa shape index (κ2) is 8.81. The van der Waals surface area contributed by atoms with Gasteiger partial charge < -0.3 is 10.2 Å². The van der Waals surface area contributed by atoms with Gasteiger partial charge in [0.05, 0.1) is 0 Å². The summed E-state index contributed by atoms with van der Waals surface area (Å²) in [5.74, 6) is 1.13. The summed E-state index contributed by atoms with van der Waals surface area (Å²) in [6.07, 6.45) is 5.10. The second-order valence-electron chi connectivity index (χ2n) is 8.73. The molecule has 0 radical (unpaired) electrons. The van der Waals surface area contributed by atoms with Gasteiger partial charge in [-0.25, -0.2) is 0 Å². The molecular formula is C25H30N2O2. The molecule has 2 bridgehead atoms. The van der Waals surface area contributed by atoms with Crippen LogP contribution in [-0.4, -0.2) is 22.8 Å². The summed E-state index contributed by atoms with van der Waals surface area (Å²) in [6, 6.07) is 19.7. The van der Waals surface area contributed by atoms with Crippen LogP contribution in [0.4, 0.5) is 0 Å². The molecule has 2 aromatic carbocycles. The Hall–Kier alpha value is -2.62. The molecule has 2 amide bonds. The topological polar surface area (TPSA) is 49.4 Å². The second-order valence-corrected chi connectivity index (χ2v) is 8.73. The van der Waals surface area contributed by atoms with Crippen LogP contribution in [0.25, 0.3) is 0 Å². The van der Waals surface area contributed by atoms with Crippen molar-refractivity contribution in [2.75, 3.05) is 0 Å². The average Bonchev–Trinajstić information content (AvgIpc) is 3.38. The fraction of sp³-hybridized carbons (Fsp3) is 0.440. The Bertz CT molecular complexity index is 795. The highest BCUT2D eigenvalue weighted by Crippen LogP contribution is 2.49. The van der Waals surface area contributed by atoms with Gasteiger partial charge >= 0.3 is 11.8 Å². The molecular weight excluding hydrogens is 360 g/mol. The number of rotatable bonds is 6. The van der Waals surface area contributed by atoms with Crippen molar-refractivity contribution in [2.45, 2.75) is 51.7 Å². The molecule has 2 aliphatic carbocycles. The van der Waals surface area contributed by atoms with Crippen molar-refractivity contribution in [1.29, 1.82) is 0 Å². The third-order valence-electron chi connectivity index (χ3n) is 6.71. The van der Waals surface area contributed by atoms with Crippen molar-refractivity contribution in [3.8, 4) is 0 Å². The fourth-order valence-corrected chi connectivity index (χ4v) is 5.23. The molecule has 4 atom stereocenters. The Labute approximate surface area is 173 Å². The highest BCUT2D eigenvalue weighted by atomic mass is 16.2. The number of benzene rings is 2. The van der Waals surface area contributed by atoms with Gasteiger partial charge in [0.1, 0.15) is 0 Å². The summed E-state index contributed by atoms with van der Waals surface area (Å²) in [5.41, 5.74) is 2.04. The number of fused-ring (bicyclic) bond motifs is 2. The molecule has 2 fully saturated rings. The maximum atomic E-state index is 13.1. The van der Waals surface area contributed by atoms with E-state index in [1.165, 1.54) is 25.7 Å². The molecule has 2 saturated carbocycles. The van der Waals surface area contributed by atoms with E-state index in [2.05, 4.69) is 12.2 Å². The normalized spacial score (nSPS) is 23.6. The van der Waals surface area contributed by atoms with E-state index in [1.807, 2.05) is 60.7 Å². The quantitative estimate of drug-likeness (QED) is 0.753. The lowest BCUT2D eigenvalue weighted by Gasteiger charge is -2.29. The van der Waals surface area contributed by atoms with Crippen LogP contribution in [0, 0.1) is 17.8 Å². The zero-order valence-corrected chi connectivity index (χ0v) is 17.1. The molecule has 0 saturated heterocycles. The van der Waals surface area contributed by atoms with E-state index in [9.17, 15) is 9.59 Å². The van der Waals surface area contributed by atoms with Crippen LogP contribution in [0.15, 0.2) is 60.7 Å². The predicted molar refractivity (Wildman–Crippen MR) is 114 cm³/mol. The molecule has 29 heavy (non-hydrogen) atoms. The van der Waals surface area contributed by atoms with Crippen molar-refractivity contribution < 1.29 is 9.59 Å². The molecule has 0 spiro atoms. The highest BCUT2D eigenvalue weighted by Gasteiger charge is 2.42. The third-order valence-corrected chi connectivity index (χ3v) is 6.71. The van der Waals surface area contributed by atoms with Crippen LogP contribution in [0.1, 0.15) is 43.7 Å². The van der Waals surface area contributed by atoms with Crippen LogP contribution in [-0.2, 0) is 22.7 Å². The molecule has 2 aliphatic rings. The van der Waals surface area contributed by atoms with Gasteiger partial charge in [0.25, 0.3) is 0 Å². The van der Waals surface area contributed by atoms with E-state index >= 15 is 0 Å². The Morgan fingerprint density at radius 2 is 1.52 bits per heavy atom. The molecule has 0 aromatic heterocycles. The summed E-state index contributed by atoms with van der Waals surface area (Å²) in [6.45, 7) is 2.91. The number of hydrogen-bond donors (Lipinski definition) is 1. The van der Waals surface area contributed by atoms with Crippen molar-refractivity contribution in [3.63, 3.8) is 0 Å². The minimum atomic E-state index is -0.480. The SMILES string of the molecule is CC(NC(=O)C(=O)N(Cc1ccccc1)Cc1ccccc1)C1CC2CCC1C2. The first-order chi connectivity index (χ1) is 14.1. The summed E-state index contributed by atoms with van der Waals surface area (Å²) in [5, 5.41) is 3.03. The minimum Gasteiger partial charge on any atom is -0.345 e. The Morgan fingerprint density at radius 3 is 2.00 bits per heavy atom. The van der Waals surface area contributed by atoms with Gasteiger partial charge in [0, 0.05) is 19.1 Å². The Balaban J connectivity index is 1.43. The molecule has 4 rings (SSSR count). The number of nitrogens with zero attached hydrogens (tertiary/aromatic N) is 1. The maximum absolute atomic E-state index is 13.1.